The van der Waals surface area contributed by atoms with Crippen LogP contribution in [0.5, 0.6) is 0 Å². The molecule has 0 N–H and O–H groups in total. The lowest BCUT2D eigenvalue weighted by Gasteiger charge is -2.33. The van der Waals surface area contributed by atoms with Crippen molar-refractivity contribution in [3.63, 3.8) is 0 Å². The van der Waals surface area contributed by atoms with Crippen LogP contribution in [0.1, 0.15) is 47.5 Å². The molecule has 0 aromatic rings. The molecule has 1 nitrogen and oxygen atoms in total. The fourth-order valence-corrected chi connectivity index (χ4v) is 1.42. The maximum absolute atomic E-state index is 5.41. The fraction of sp³-hybridized carbons (Fsp3) is 1.00. The molecule has 1 aliphatic heterocycles. The molecule has 12 heavy (non-hydrogen) atoms. The third-order valence-electron chi connectivity index (χ3n) is 2.39. The zero-order chi connectivity index (χ0) is 9.61. The zero-order valence-electron chi connectivity index (χ0n) is 9.31. The Bertz CT molecular complexity index is 96.1. The van der Waals surface area contributed by atoms with Crippen molar-refractivity contribution >= 4 is 0 Å². The highest BCUT2D eigenvalue weighted by Crippen LogP contribution is 2.31. The highest BCUT2D eigenvalue weighted by molar-refractivity contribution is 4.75. The smallest absolute Gasteiger partial charge is 0.0499 e. The number of hydrogen-bond acceptors (Lipinski definition) is 1. The second kappa shape index (κ2) is 5.58. The summed E-state index contributed by atoms with van der Waals surface area (Å²) >= 11 is 0. The fourth-order valence-electron chi connectivity index (χ4n) is 1.42. The van der Waals surface area contributed by atoms with Gasteiger partial charge in [-0.1, -0.05) is 34.6 Å². The summed E-state index contributed by atoms with van der Waals surface area (Å²) in [6.45, 7) is 12.8. The van der Waals surface area contributed by atoms with Crippen molar-refractivity contribution < 1.29 is 4.74 Å². The summed E-state index contributed by atoms with van der Waals surface area (Å²) in [5.74, 6) is 0.779. The Morgan fingerprint density at radius 3 is 2.00 bits per heavy atom. The van der Waals surface area contributed by atoms with Gasteiger partial charge in [-0.25, -0.2) is 0 Å². The van der Waals surface area contributed by atoms with Crippen LogP contribution < -0.4 is 0 Å². The monoisotopic (exact) mass is 172 g/mol. The van der Waals surface area contributed by atoms with Gasteiger partial charge in [-0.15, -0.1) is 0 Å². The van der Waals surface area contributed by atoms with E-state index in [-0.39, 0.29) is 0 Å². The Balaban J connectivity index is 0.000000561. The summed E-state index contributed by atoms with van der Waals surface area (Å²) in [6, 6.07) is 0. The molecule has 1 saturated heterocycles. The first-order chi connectivity index (χ1) is 5.61. The van der Waals surface area contributed by atoms with Crippen LogP contribution in [-0.4, -0.2) is 13.2 Å². The maximum atomic E-state index is 5.41. The topological polar surface area (TPSA) is 9.23 Å². The van der Waals surface area contributed by atoms with E-state index in [2.05, 4.69) is 20.8 Å². The van der Waals surface area contributed by atoms with Gasteiger partial charge in [-0.05, 0) is 24.2 Å². The lowest BCUT2D eigenvalue weighted by molar-refractivity contribution is 0.0103. The normalized spacial score (nSPS) is 24.2. The number of ether oxygens (including phenoxy) is 1. The Labute approximate surface area is 77.5 Å². The van der Waals surface area contributed by atoms with Gasteiger partial charge in [0.2, 0.25) is 0 Å². The van der Waals surface area contributed by atoms with Crippen LogP contribution in [0.15, 0.2) is 0 Å². The van der Waals surface area contributed by atoms with Gasteiger partial charge in [-0.3, -0.25) is 0 Å². The quantitative estimate of drug-likeness (QED) is 0.543. The molecule has 74 valence electrons. The molecular weight excluding hydrogens is 148 g/mol. The van der Waals surface area contributed by atoms with Gasteiger partial charge in [0.25, 0.3) is 0 Å². The van der Waals surface area contributed by atoms with Gasteiger partial charge in [-0.2, -0.15) is 0 Å². The second-order valence-corrected chi connectivity index (χ2v) is 4.28. The van der Waals surface area contributed by atoms with Crippen LogP contribution in [0.4, 0.5) is 0 Å². The van der Waals surface area contributed by atoms with Crippen molar-refractivity contribution in [2.75, 3.05) is 13.2 Å². The molecule has 1 heteroatoms. The van der Waals surface area contributed by atoms with E-state index >= 15 is 0 Å². The molecule has 1 unspecified atom stereocenters. The van der Waals surface area contributed by atoms with Crippen molar-refractivity contribution in [3.05, 3.63) is 0 Å². The molecule has 0 spiro atoms. The number of hydrogen-bond donors (Lipinski definition) is 0. The summed E-state index contributed by atoms with van der Waals surface area (Å²) in [4.78, 5) is 0. The van der Waals surface area contributed by atoms with Crippen molar-refractivity contribution in [3.8, 4) is 0 Å². The molecule has 0 aromatic carbocycles. The summed E-state index contributed by atoms with van der Waals surface area (Å²) in [5, 5.41) is 0. The Morgan fingerprint density at radius 2 is 1.75 bits per heavy atom. The van der Waals surface area contributed by atoms with Gasteiger partial charge in [0.05, 0.1) is 0 Å². The lowest BCUT2D eigenvalue weighted by atomic mass is 9.78. The minimum Gasteiger partial charge on any atom is -0.381 e. The summed E-state index contributed by atoms with van der Waals surface area (Å²) < 4.78 is 5.41. The lowest BCUT2D eigenvalue weighted by Crippen LogP contribution is -2.29. The standard InChI is InChI=1S/C9H18O.C2H6/c1-9(2,3)8-5-4-6-10-7-8;1-2/h8H,4-7H2,1-3H3;1-2H3. The average molecular weight is 172 g/mol. The maximum Gasteiger partial charge on any atom is 0.0499 e. The SMILES string of the molecule is CC.CC(C)(C)C1CCCOC1. The summed E-state index contributed by atoms with van der Waals surface area (Å²) in [5.41, 5.74) is 0.445. The van der Waals surface area contributed by atoms with E-state index in [0.717, 1.165) is 19.1 Å². The van der Waals surface area contributed by atoms with Crippen LogP contribution in [-0.2, 0) is 4.74 Å². The van der Waals surface area contributed by atoms with E-state index in [1.165, 1.54) is 12.8 Å². The average Bonchev–Trinajstić information content (AvgIpc) is 2.08. The molecule has 1 atom stereocenters. The highest BCUT2D eigenvalue weighted by atomic mass is 16.5. The van der Waals surface area contributed by atoms with Gasteiger partial charge in [0.15, 0.2) is 0 Å². The predicted molar refractivity (Wildman–Crippen MR) is 54.3 cm³/mol. The van der Waals surface area contributed by atoms with E-state index in [1.807, 2.05) is 13.8 Å². The minimum atomic E-state index is 0.445. The predicted octanol–water partition coefficient (Wildman–Crippen LogP) is 3.49. The molecule has 0 bridgehead atoms. The Morgan fingerprint density at radius 1 is 1.17 bits per heavy atom. The van der Waals surface area contributed by atoms with Crippen molar-refractivity contribution in [1.82, 2.24) is 0 Å². The first-order valence-electron chi connectivity index (χ1n) is 5.18. The molecule has 1 rings (SSSR count). The van der Waals surface area contributed by atoms with Gasteiger partial charge >= 0.3 is 0 Å². The third-order valence-corrected chi connectivity index (χ3v) is 2.39. The Hall–Kier alpha value is -0.0400. The molecule has 0 aromatic heterocycles. The first-order valence-corrected chi connectivity index (χ1v) is 5.18. The molecular formula is C11H24O. The molecule has 0 saturated carbocycles. The van der Waals surface area contributed by atoms with Crippen LogP contribution in [0.3, 0.4) is 0 Å². The van der Waals surface area contributed by atoms with Crippen LogP contribution in [0.25, 0.3) is 0 Å². The largest absolute Gasteiger partial charge is 0.381 e. The third kappa shape index (κ3) is 4.10. The van der Waals surface area contributed by atoms with Crippen molar-refractivity contribution in [1.29, 1.82) is 0 Å². The van der Waals surface area contributed by atoms with Gasteiger partial charge in [0, 0.05) is 13.2 Å². The highest BCUT2D eigenvalue weighted by Gasteiger charge is 2.26. The summed E-state index contributed by atoms with van der Waals surface area (Å²) in [6.07, 6.45) is 2.60. The molecule has 1 aliphatic rings. The van der Waals surface area contributed by atoms with E-state index in [4.69, 9.17) is 4.74 Å². The zero-order valence-corrected chi connectivity index (χ0v) is 9.31. The number of rotatable bonds is 0. The van der Waals surface area contributed by atoms with E-state index in [0.29, 0.717) is 5.41 Å². The van der Waals surface area contributed by atoms with E-state index in [9.17, 15) is 0 Å². The molecule has 1 heterocycles. The minimum absolute atomic E-state index is 0.445. The molecule has 0 radical (unpaired) electrons. The molecule has 1 fully saturated rings. The summed E-state index contributed by atoms with van der Waals surface area (Å²) in [7, 11) is 0. The van der Waals surface area contributed by atoms with Crippen molar-refractivity contribution in [2.24, 2.45) is 11.3 Å². The van der Waals surface area contributed by atoms with E-state index in [1.54, 1.807) is 0 Å². The van der Waals surface area contributed by atoms with Crippen molar-refractivity contribution in [2.45, 2.75) is 47.5 Å². The van der Waals surface area contributed by atoms with Crippen LogP contribution in [0, 0.1) is 11.3 Å². The second-order valence-electron chi connectivity index (χ2n) is 4.28. The molecule has 0 amide bonds. The van der Waals surface area contributed by atoms with Gasteiger partial charge in [0.1, 0.15) is 0 Å². The van der Waals surface area contributed by atoms with E-state index < -0.39 is 0 Å². The Kier molecular flexibility index (Phi) is 5.56. The van der Waals surface area contributed by atoms with Gasteiger partial charge < -0.3 is 4.74 Å². The van der Waals surface area contributed by atoms with Crippen LogP contribution in [0.2, 0.25) is 0 Å². The first kappa shape index (κ1) is 12.0. The molecule has 0 aliphatic carbocycles. The van der Waals surface area contributed by atoms with Crippen LogP contribution >= 0.6 is 0 Å².